The maximum absolute atomic E-state index is 13.5. The molecular weight excluding hydrogens is 249 g/mol. The maximum atomic E-state index is 13.5. The van der Waals surface area contributed by atoms with Gasteiger partial charge in [0.15, 0.2) is 0 Å². The molecule has 1 atom stereocenters. The van der Waals surface area contributed by atoms with E-state index in [4.69, 9.17) is 0 Å². The molecule has 1 nitrogen and oxygen atoms in total. The first-order chi connectivity index (χ1) is 9.46. The van der Waals surface area contributed by atoms with Crippen LogP contribution in [0.3, 0.4) is 0 Å². The molecule has 1 N–H and O–H groups in total. The smallest absolute Gasteiger partial charge is 0.123 e. The standard InChI is InChI=1S/C18H28FN/c1-18(2,3)20-13-17(14-8-5-4-6-9-14)15-10-7-11-16(19)12-15/h7,10-12,14,17,20H,4-6,8-9,13H2,1-3H3. The van der Waals surface area contributed by atoms with Gasteiger partial charge in [-0.2, -0.15) is 0 Å². The van der Waals surface area contributed by atoms with E-state index in [0.29, 0.717) is 11.8 Å². The second kappa shape index (κ2) is 6.71. The molecule has 112 valence electrons. The van der Waals surface area contributed by atoms with Crippen LogP contribution in [0.1, 0.15) is 64.4 Å². The fourth-order valence-corrected chi connectivity index (χ4v) is 3.25. The monoisotopic (exact) mass is 277 g/mol. The molecule has 0 saturated heterocycles. The molecule has 1 unspecified atom stereocenters. The van der Waals surface area contributed by atoms with Gasteiger partial charge in [-0.3, -0.25) is 0 Å². The third-order valence-electron chi connectivity index (χ3n) is 4.35. The summed E-state index contributed by atoms with van der Waals surface area (Å²) in [6, 6.07) is 7.20. The first-order valence-corrected chi connectivity index (χ1v) is 7.96. The lowest BCUT2D eigenvalue weighted by atomic mass is 9.76. The van der Waals surface area contributed by atoms with Gasteiger partial charge in [0.05, 0.1) is 0 Å². The van der Waals surface area contributed by atoms with Crippen LogP contribution >= 0.6 is 0 Å². The third kappa shape index (κ3) is 4.59. The van der Waals surface area contributed by atoms with Crippen LogP contribution in [0.4, 0.5) is 4.39 Å². The highest BCUT2D eigenvalue weighted by Gasteiger charge is 2.26. The highest BCUT2D eigenvalue weighted by molar-refractivity contribution is 5.22. The molecule has 1 saturated carbocycles. The topological polar surface area (TPSA) is 12.0 Å². The third-order valence-corrected chi connectivity index (χ3v) is 4.35. The van der Waals surface area contributed by atoms with Crippen LogP contribution in [0.5, 0.6) is 0 Å². The normalized spacial score (nSPS) is 19.0. The van der Waals surface area contributed by atoms with Crippen molar-refractivity contribution >= 4 is 0 Å². The molecule has 20 heavy (non-hydrogen) atoms. The average Bonchev–Trinajstić information content (AvgIpc) is 2.39. The van der Waals surface area contributed by atoms with Crippen LogP contribution in [-0.2, 0) is 0 Å². The summed E-state index contributed by atoms with van der Waals surface area (Å²) in [5, 5.41) is 3.61. The minimum Gasteiger partial charge on any atom is -0.311 e. The molecule has 1 aliphatic rings. The molecule has 1 aromatic rings. The molecule has 0 amide bonds. The van der Waals surface area contributed by atoms with Crippen molar-refractivity contribution in [1.29, 1.82) is 0 Å². The number of benzene rings is 1. The summed E-state index contributed by atoms with van der Waals surface area (Å²) in [5.41, 5.74) is 1.27. The summed E-state index contributed by atoms with van der Waals surface area (Å²) in [7, 11) is 0. The molecule has 1 fully saturated rings. The van der Waals surface area contributed by atoms with E-state index in [9.17, 15) is 4.39 Å². The van der Waals surface area contributed by atoms with Gasteiger partial charge in [0.1, 0.15) is 5.82 Å². The molecule has 0 heterocycles. The van der Waals surface area contributed by atoms with Crippen LogP contribution in [-0.4, -0.2) is 12.1 Å². The fraction of sp³-hybridized carbons (Fsp3) is 0.667. The van der Waals surface area contributed by atoms with Crippen molar-refractivity contribution in [3.8, 4) is 0 Å². The maximum Gasteiger partial charge on any atom is 0.123 e. The Morgan fingerprint density at radius 3 is 2.50 bits per heavy atom. The Hall–Kier alpha value is -0.890. The van der Waals surface area contributed by atoms with E-state index in [-0.39, 0.29) is 11.4 Å². The largest absolute Gasteiger partial charge is 0.311 e. The van der Waals surface area contributed by atoms with E-state index in [0.717, 1.165) is 12.1 Å². The van der Waals surface area contributed by atoms with Crippen LogP contribution < -0.4 is 5.32 Å². The summed E-state index contributed by atoms with van der Waals surface area (Å²) in [5.74, 6) is 1.02. The lowest BCUT2D eigenvalue weighted by molar-refractivity contribution is 0.279. The zero-order valence-electron chi connectivity index (χ0n) is 13.1. The Bertz CT molecular complexity index is 416. The van der Waals surface area contributed by atoms with E-state index < -0.39 is 0 Å². The minimum absolute atomic E-state index is 0.111. The minimum atomic E-state index is -0.112. The SMILES string of the molecule is CC(C)(C)NCC(c1cccc(F)c1)C1CCCCC1. The van der Waals surface area contributed by atoms with Gasteiger partial charge >= 0.3 is 0 Å². The Labute approximate surface area is 123 Å². The van der Waals surface area contributed by atoms with E-state index >= 15 is 0 Å². The van der Waals surface area contributed by atoms with Gasteiger partial charge in [-0.05, 0) is 63.1 Å². The second-order valence-electron chi connectivity index (χ2n) is 7.19. The van der Waals surface area contributed by atoms with Crippen LogP contribution in [0.25, 0.3) is 0 Å². The lowest BCUT2D eigenvalue weighted by Gasteiger charge is -2.33. The number of hydrogen-bond donors (Lipinski definition) is 1. The molecule has 0 radical (unpaired) electrons. The van der Waals surface area contributed by atoms with Crippen molar-refractivity contribution < 1.29 is 4.39 Å². The molecule has 2 rings (SSSR count). The van der Waals surface area contributed by atoms with Gasteiger partial charge in [0, 0.05) is 12.1 Å². The predicted octanol–water partition coefficient (Wildman–Crippen LogP) is 4.88. The van der Waals surface area contributed by atoms with Crippen molar-refractivity contribution in [1.82, 2.24) is 5.32 Å². The fourth-order valence-electron chi connectivity index (χ4n) is 3.25. The number of hydrogen-bond acceptors (Lipinski definition) is 1. The highest BCUT2D eigenvalue weighted by Crippen LogP contribution is 2.36. The number of rotatable bonds is 4. The zero-order chi connectivity index (χ0) is 14.6. The van der Waals surface area contributed by atoms with Crippen LogP contribution in [0.2, 0.25) is 0 Å². The van der Waals surface area contributed by atoms with Crippen LogP contribution in [0.15, 0.2) is 24.3 Å². The van der Waals surface area contributed by atoms with Gasteiger partial charge in [-0.25, -0.2) is 4.39 Å². The van der Waals surface area contributed by atoms with Gasteiger partial charge < -0.3 is 5.32 Å². The Morgan fingerprint density at radius 2 is 1.90 bits per heavy atom. The van der Waals surface area contributed by atoms with Gasteiger partial charge in [0.25, 0.3) is 0 Å². The lowest BCUT2D eigenvalue weighted by Crippen LogP contribution is -2.40. The van der Waals surface area contributed by atoms with Crippen molar-refractivity contribution in [2.75, 3.05) is 6.54 Å². The van der Waals surface area contributed by atoms with Crippen molar-refractivity contribution in [2.24, 2.45) is 5.92 Å². The van der Waals surface area contributed by atoms with Gasteiger partial charge in [-0.15, -0.1) is 0 Å². The number of halogens is 1. The Balaban J connectivity index is 2.14. The molecular formula is C18H28FN. The predicted molar refractivity (Wildman–Crippen MR) is 83.5 cm³/mol. The van der Waals surface area contributed by atoms with Crippen molar-refractivity contribution in [3.63, 3.8) is 0 Å². The summed E-state index contributed by atoms with van der Waals surface area (Å²) in [6.07, 6.45) is 6.58. The summed E-state index contributed by atoms with van der Waals surface area (Å²) in [6.45, 7) is 7.52. The van der Waals surface area contributed by atoms with Gasteiger partial charge in [-0.1, -0.05) is 31.4 Å². The number of nitrogens with one attached hydrogen (secondary N) is 1. The Kier molecular flexibility index (Phi) is 5.20. The Morgan fingerprint density at radius 1 is 1.20 bits per heavy atom. The average molecular weight is 277 g/mol. The molecule has 0 aliphatic heterocycles. The molecule has 1 aromatic carbocycles. The summed E-state index contributed by atoms with van der Waals surface area (Å²) in [4.78, 5) is 0. The van der Waals surface area contributed by atoms with Crippen molar-refractivity contribution in [2.45, 2.75) is 64.3 Å². The van der Waals surface area contributed by atoms with E-state index in [1.807, 2.05) is 6.07 Å². The van der Waals surface area contributed by atoms with E-state index in [1.54, 1.807) is 12.1 Å². The second-order valence-corrected chi connectivity index (χ2v) is 7.19. The highest BCUT2D eigenvalue weighted by atomic mass is 19.1. The summed E-state index contributed by atoms with van der Waals surface area (Å²) < 4.78 is 13.5. The van der Waals surface area contributed by atoms with Gasteiger partial charge in [0.2, 0.25) is 0 Å². The van der Waals surface area contributed by atoms with Crippen LogP contribution in [0, 0.1) is 11.7 Å². The van der Waals surface area contributed by atoms with E-state index in [1.165, 1.54) is 32.1 Å². The van der Waals surface area contributed by atoms with E-state index in [2.05, 4.69) is 32.2 Å². The molecule has 1 aliphatic carbocycles. The molecule has 0 spiro atoms. The first kappa shape index (κ1) is 15.5. The summed E-state index contributed by atoms with van der Waals surface area (Å²) >= 11 is 0. The molecule has 2 heteroatoms. The first-order valence-electron chi connectivity index (χ1n) is 7.96. The molecule has 0 bridgehead atoms. The molecule has 0 aromatic heterocycles. The van der Waals surface area contributed by atoms with Crippen molar-refractivity contribution in [3.05, 3.63) is 35.6 Å². The zero-order valence-corrected chi connectivity index (χ0v) is 13.1. The quantitative estimate of drug-likeness (QED) is 0.827.